The van der Waals surface area contributed by atoms with Crippen LogP contribution in [0.3, 0.4) is 0 Å². The number of aliphatic hydroxyl groups is 1. The Morgan fingerprint density at radius 2 is 2.23 bits per heavy atom. The average Bonchev–Trinajstić information content (AvgIpc) is 2.47. The van der Waals surface area contributed by atoms with Gasteiger partial charge in [-0.25, -0.2) is 8.42 Å². The number of sulfonamides is 1. The van der Waals surface area contributed by atoms with E-state index in [1.165, 1.54) is 4.31 Å². The van der Waals surface area contributed by atoms with E-state index in [1.54, 1.807) is 0 Å². The number of aliphatic hydroxyl groups excluding tert-OH is 1. The predicted molar refractivity (Wildman–Crippen MR) is 51.0 cm³/mol. The van der Waals surface area contributed by atoms with E-state index in [9.17, 15) is 8.42 Å². The van der Waals surface area contributed by atoms with Gasteiger partial charge in [-0.2, -0.15) is 4.31 Å². The standard InChI is InChI=1S/C7H14ClNO3S/c1-6-2-3-9(7(6)4-10)13(11,12)5-8/h6-7,10H,2-5H2,1H3. The summed E-state index contributed by atoms with van der Waals surface area (Å²) in [5.74, 6) is 0.211. The van der Waals surface area contributed by atoms with Crippen LogP contribution in [-0.4, -0.2) is 42.2 Å². The molecule has 2 atom stereocenters. The minimum absolute atomic E-state index is 0.128. The lowest BCUT2D eigenvalue weighted by molar-refractivity contribution is 0.191. The molecule has 13 heavy (non-hydrogen) atoms. The van der Waals surface area contributed by atoms with Crippen molar-refractivity contribution >= 4 is 21.6 Å². The number of alkyl halides is 1. The highest BCUT2D eigenvalue weighted by Gasteiger charge is 2.37. The maximum atomic E-state index is 11.4. The molecule has 0 spiro atoms. The van der Waals surface area contributed by atoms with Crippen LogP contribution >= 0.6 is 11.6 Å². The fraction of sp³-hybridized carbons (Fsp3) is 1.00. The van der Waals surface area contributed by atoms with E-state index in [4.69, 9.17) is 16.7 Å². The molecule has 6 heteroatoms. The molecule has 0 aliphatic carbocycles. The summed E-state index contributed by atoms with van der Waals surface area (Å²) < 4.78 is 24.1. The molecule has 0 radical (unpaired) electrons. The third-order valence-corrected chi connectivity index (χ3v) is 4.78. The lowest BCUT2D eigenvalue weighted by atomic mass is 10.0. The molecule has 0 aromatic rings. The number of hydrogen-bond donors (Lipinski definition) is 1. The summed E-state index contributed by atoms with van der Waals surface area (Å²) in [5, 5.41) is 8.61. The van der Waals surface area contributed by atoms with Gasteiger partial charge in [-0.15, -0.1) is 11.6 Å². The highest BCUT2D eigenvalue weighted by molar-refractivity contribution is 7.90. The zero-order valence-electron chi connectivity index (χ0n) is 7.48. The highest BCUT2D eigenvalue weighted by atomic mass is 35.5. The number of nitrogens with zero attached hydrogens (tertiary/aromatic N) is 1. The first-order valence-electron chi connectivity index (χ1n) is 4.19. The first-order valence-corrected chi connectivity index (χ1v) is 6.33. The van der Waals surface area contributed by atoms with Crippen LogP contribution in [0.2, 0.25) is 0 Å². The summed E-state index contributed by atoms with van der Waals surface area (Å²) in [6.07, 6.45) is 0.793. The summed E-state index contributed by atoms with van der Waals surface area (Å²) in [6, 6.07) is -0.288. The van der Waals surface area contributed by atoms with Gasteiger partial charge < -0.3 is 5.11 Å². The summed E-state index contributed by atoms with van der Waals surface area (Å²) in [5.41, 5.74) is 0. The van der Waals surface area contributed by atoms with E-state index in [2.05, 4.69) is 0 Å². The van der Waals surface area contributed by atoms with Gasteiger partial charge in [0.05, 0.1) is 12.6 Å². The Labute approximate surface area is 83.5 Å². The van der Waals surface area contributed by atoms with Crippen LogP contribution in [0.4, 0.5) is 0 Å². The normalized spacial score (nSPS) is 31.0. The van der Waals surface area contributed by atoms with Crippen molar-refractivity contribution in [1.29, 1.82) is 0 Å². The van der Waals surface area contributed by atoms with E-state index in [1.807, 2.05) is 6.92 Å². The van der Waals surface area contributed by atoms with E-state index < -0.39 is 15.2 Å². The van der Waals surface area contributed by atoms with Gasteiger partial charge in [-0.3, -0.25) is 0 Å². The molecule has 0 aromatic heterocycles. The zero-order chi connectivity index (χ0) is 10.1. The largest absolute Gasteiger partial charge is 0.395 e. The van der Waals surface area contributed by atoms with Crippen molar-refractivity contribution in [2.45, 2.75) is 19.4 Å². The molecule has 0 aromatic carbocycles. The monoisotopic (exact) mass is 227 g/mol. The fourth-order valence-electron chi connectivity index (χ4n) is 1.65. The SMILES string of the molecule is CC1CCN(S(=O)(=O)CCl)C1CO. The fourth-order valence-corrected chi connectivity index (χ4v) is 3.22. The molecule has 4 nitrogen and oxygen atoms in total. The predicted octanol–water partition coefficient (Wildman–Crippen LogP) is 0.215. The van der Waals surface area contributed by atoms with Crippen LogP contribution in [-0.2, 0) is 10.0 Å². The van der Waals surface area contributed by atoms with Crippen LogP contribution in [0, 0.1) is 5.92 Å². The van der Waals surface area contributed by atoms with E-state index >= 15 is 0 Å². The van der Waals surface area contributed by atoms with Gasteiger partial charge in [0, 0.05) is 6.54 Å². The minimum Gasteiger partial charge on any atom is -0.395 e. The van der Waals surface area contributed by atoms with Crippen molar-refractivity contribution in [3.05, 3.63) is 0 Å². The van der Waals surface area contributed by atoms with Crippen molar-refractivity contribution in [3.8, 4) is 0 Å². The lowest BCUT2D eigenvalue weighted by Crippen LogP contribution is -2.40. The second-order valence-corrected chi connectivity index (χ2v) is 5.85. The van der Waals surface area contributed by atoms with Crippen molar-refractivity contribution < 1.29 is 13.5 Å². The Kier molecular flexibility index (Phi) is 3.57. The van der Waals surface area contributed by atoms with Crippen LogP contribution in [0.15, 0.2) is 0 Å². The van der Waals surface area contributed by atoms with E-state index in [0.717, 1.165) is 6.42 Å². The lowest BCUT2D eigenvalue weighted by Gasteiger charge is -2.23. The molecule has 1 rings (SSSR count). The molecular formula is C7H14ClNO3S. The van der Waals surface area contributed by atoms with Crippen molar-refractivity contribution in [2.24, 2.45) is 5.92 Å². The molecule has 1 aliphatic rings. The van der Waals surface area contributed by atoms with Gasteiger partial charge >= 0.3 is 0 Å². The van der Waals surface area contributed by atoms with Gasteiger partial charge in [-0.1, -0.05) is 6.92 Å². The van der Waals surface area contributed by atoms with Crippen molar-refractivity contribution in [3.63, 3.8) is 0 Å². The molecule has 78 valence electrons. The van der Waals surface area contributed by atoms with Crippen LogP contribution < -0.4 is 0 Å². The summed E-state index contributed by atoms with van der Waals surface area (Å²) >= 11 is 5.33. The Morgan fingerprint density at radius 1 is 1.62 bits per heavy atom. The first kappa shape index (κ1) is 11.2. The Balaban J connectivity index is 2.82. The quantitative estimate of drug-likeness (QED) is 0.702. The van der Waals surface area contributed by atoms with E-state index in [0.29, 0.717) is 6.54 Å². The average molecular weight is 228 g/mol. The second kappa shape index (κ2) is 4.13. The van der Waals surface area contributed by atoms with Crippen LogP contribution in [0.1, 0.15) is 13.3 Å². The van der Waals surface area contributed by atoms with Gasteiger partial charge in [0.15, 0.2) is 0 Å². The Hall–Kier alpha value is 0.160. The Bertz CT molecular complexity index is 267. The van der Waals surface area contributed by atoms with E-state index in [-0.39, 0.29) is 18.6 Å². The molecular weight excluding hydrogens is 214 g/mol. The van der Waals surface area contributed by atoms with Crippen molar-refractivity contribution in [2.75, 3.05) is 18.4 Å². The molecule has 1 fully saturated rings. The molecule has 1 aliphatic heterocycles. The maximum Gasteiger partial charge on any atom is 0.228 e. The minimum atomic E-state index is -3.35. The van der Waals surface area contributed by atoms with Gasteiger partial charge in [-0.05, 0) is 12.3 Å². The molecule has 0 amide bonds. The van der Waals surface area contributed by atoms with Crippen LogP contribution in [0.25, 0.3) is 0 Å². The molecule has 1 heterocycles. The molecule has 0 bridgehead atoms. The molecule has 1 N–H and O–H groups in total. The number of hydrogen-bond acceptors (Lipinski definition) is 3. The Morgan fingerprint density at radius 3 is 2.69 bits per heavy atom. The molecule has 1 saturated heterocycles. The van der Waals surface area contributed by atoms with Gasteiger partial charge in [0.1, 0.15) is 5.21 Å². The molecule has 0 saturated carbocycles. The summed E-state index contributed by atoms with van der Waals surface area (Å²) in [4.78, 5) is 0. The first-order chi connectivity index (χ1) is 6.03. The topological polar surface area (TPSA) is 57.6 Å². The third-order valence-electron chi connectivity index (χ3n) is 2.51. The number of halogens is 1. The second-order valence-electron chi connectivity index (χ2n) is 3.35. The zero-order valence-corrected chi connectivity index (χ0v) is 9.05. The summed E-state index contributed by atoms with van der Waals surface area (Å²) in [7, 11) is -3.35. The molecule has 2 unspecified atom stereocenters. The third kappa shape index (κ3) is 2.15. The highest BCUT2D eigenvalue weighted by Crippen LogP contribution is 2.26. The van der Waals surface area contributed by atoms with Gasteiger partial charge in [0.2, 0.25) is 10.0 Å². The maximum absolute atomic E-state index is 11.4. The number of rotatable bonds is 3. The smallest absolute Gasteiger partial charge is 0.228 e. The summed E-state index contributed by atoms with van der Waals surface area (Å²) in [6.45, 7) is 2.28. The van der Waals surface area contributed by atoms with Crippen molar-refractivity contribution in [1.82, 2.24) is 4.31 Å². The van der Waals surface area contributed by atoms with Crippen LogP contribution in [0.5, 0.6) is 0 Å². The van der Waals surface area contributed by atoms with Gasteiger partial charge in [0.25, 0.3) is 0 Å².